The number of hydrogen-bond acceptors (Lipinski definition) is 1. The average Bonchev–Trinajstić information content (AvgIpc) is 2.58. The molecule has 0 N–H and O–H groups in total. The molecule has 0 amide bonds. The van der Waals surface area contributed by atoms with Crippen LogP contribution in [0.3, 0.4) is 0 Å². The first kappa shape index (κ1) is 12.8. The minimum atomic E-state index is -1.52. The molecule has 0 unspecified atom stereocenters. The summed E-state index contributed by atoms with van der Waals surface area (Å²) in [7, 11) is -1.52. The van der Waals surface area contributed by atoms with E-state index >= 15 is 0 Å². The van der Waals surface area contributed by atoms with Crippen LogP contribution in [-0.2, 0) is 0 Å². The van der Waals surface area contributed by atoms with Gasteiger partial charge in [0.25, 0.3) is 0 Å². The zero-order valence-electron chi connectivity index (χ0n) is 11.3. The van der Waals surface area contributed by atoms with E-state index in [0.717, 1.165) is 4.90 Å². The van der Waals surface area contributed by atoms with Crippen LogP contribution < -0.4 is 0 Å². The van der Waals surface area contributed by atoms with Gasteiger partial charge in [0.05, 0.1) is 0 Å². The van der Waals surface area contributed by atoms with Gasteiger partial charge in [-0.1, -0.05) is 33.9 Å². The smallest absolute Gasteiger partial charge is 0.161 e. The molecule has 1 heterocycles. The van der Waals surface area contributed by atoms with Gasteiger partial charge in [0.15, 0.2) is 8.24 Å². The second kappa shape index (κ2) is 3.92. The first-order chi connectivity index (χ1) is 7.73. The molecule has 0 spiro atoms. The van der Waals surface area contributed by atoms with Gasteiger partial charge in [-0.2, -0.15) is 0 Å². The summed E-state index contributed by atoms with van der Waals surface area (Å²) in [5, 5.41) is 1.64. The van der Waals surface area contributed by atoms with Crippen LogP contribution in [-0.4, -0.2) is 12.5 Å². The van der Waals surface area contributed by atoms with Crippen molar-refractivity contribution in [3.8, 4) is 0 Å². The number of thiol groups is 1. The molecule has 0 bridgehead atoms. The average molecular weight is 263 g/mol. The third kappa shape index (κ3) is 2.06. The normalized spacial score (nSPS) is 13.3. The highest BCUT2D eigenvalue weighted by atomic mass is 32.1. The fourth-order valence-corrected chi connectivity index (χ4v) is 4.17. The Morgan fingerprint density at radius 1 is 1.12 bits per heavy atom. The van der Waals surface area contributed by atoms with Crippen molar-refractivity contribution in [1.82, 2.24) is 4.23 Å². The molecule has 0 aliphatic heterocycles. The topological polar surface area (TPSA) is 4.93 Å². The van der Waals surface area contributed by atoms with Crippen LogP contribution in [0, 0.1) is 0 Å². The van der Waals surface area contributed by atoms with Crippen LogP contribution in [0.4, 0.5) is 0 Å². The van der Waals surface area contributed by atoms with E-state index in [1.807, 2.05) is 0 Å². The highest BCUT2D eigenvalue weighted by Crippen LogP contribution is 2.38. The van der Waals surface area contributed by atoms with E-state index in [9.17, 15) is 0 Å². The summed E-state index contributed by atoms with van der Waals surface area (Å²) in [6.45, 7) is 11.9. The van der Waals surface area contributed by atoms with Crippen molar-refractivity contribution < 1.29 is 0 Å². The molecule has 17 heavy (non-hydrogen) atoms. The Bertz CT molecular complexity index is 549. The van der Waals surface area contributed by atoms with Crippen LogP contribution in [0.25, 0.3) is 10.9 Å². The molecule has 1 aromatic carbocycles. The highest BCUT2D eigenvalue weighted by Gasteiger charge is 2.37. The summed E-state index contributed by atoms with van der Waals surface area (Å²) in [5.41, 5.74) is 1.34. The van der Waals surface area contributed by atoms with Crippen molar-refractivity contribution in [2.24, 2.45) is 0 Å². The molecule has 0 radical (unpaired) electrons. The van der Waals surface area contributed by atoms with Crippen LogP contribution in [0.2, 0.25) is 18.1 Å². The van der Waals surface area contributed by atoms with Gasteiger partial charge in [-0.3, -0.25) is 0 Å². The van der Waals surface area contributed by atoms with Gasteiger partial charge in [0, 0.05) is 10.4 Å². The SMILES string of the molecule is CC(C)(C)[Si](C)(C)n1ccc2cc(S)ccc21. The molecule has 0 fully saturated rings. The molecule has 0 aliphatic carbocycles. The van der Waals surface area contributed by atoms with E-state index in [2.05, 4.69) is 81.2 Å². The Morgan fingerprint density at radius 3 is 2.35 bits per heavy atom. The number of aromatic nitrogens is 1. The summed E-state index contributed by atoms with van der Waals surface area (Å²) in [4.78, 5) is 1.03. The van der Waals surface area contributed by atoms with Crippen LogP contribution in [0.15, 0.2) is 35.4 Å². The van der Waals surface area contributed by atoms with Crippen molar-refractivity contribution in [2.75, 3.05) is 0 Å². The van der Waals surface area contributed by atoms with Gasteiger partial charge in [-0.15, -0.1) is 12.6 Å². The Balaban J connectivity index is 2.65. The van der Waals surface area contributed by atoms with E-state index in [1.54, 1.807) is 0 Å². The molecule has 0 aliphatic rings. The summed E-state index contributed by atoms with van der Waals surface area (Å²) < 4.78 is 2.51. The number of fused-ring (bicyclic) bond motifs is 1. The number of rotatable bonds is 1. The van der Waals surface area contributed by atoms with Crippen LogP contribution in [0.5, 0.6) is 0 Å². The maximum atomic E-state index is 4.40. The molecule has 3 heteroatoms. The lowest BCUT2D eigenvalue weighted by molar-refractivity contribution is 0.703. The largest absolute Gasteiger partial charge is 0.374 e. The van der Waals surface area contributed by atoms with E-state index < -0.39 is 8.24 Å². The van der Waals surface area contributed by atoms with Gasteiger partial charge in [-0.05, 0) is 40.9 Å². The lowest BCUT2D eigenvalue weighted by atomic mass is 10.2. The molecule has 0 saturated carbocycles. The molecule has 2 aromatic rings. The zero-order valence-corrected chi connectivity index (χ0v) is 13.2. The second-order valence-corrected chi connectivity index (χ2v) is 11.9. The van der Waals surface area contributed by atoms with Crippen molar-refractivity contribution in [3.05, 3.63) is 30.5 Å². The van der Waals surface area contributed by atoms with E-state index in [1.165, 1.54) is 10.9 Å². The Labute approximate surface area is 110 Å². The van der Waals surface area contributed by atoms with Gasteiger partial charge in [0.1, 0.15) is 0 Å². The summed E-state index contributed by atoms with van der Waals surface area (Å²) >= 11 is 4.40. The van der Waals surface area contributed by atoms with Crippen molar-refractivity contribution >= 4 is 31.8 Å². The molecule has 0 atom stereocenters. The lowest BCUT2D eigenvalue weighted by Crippen LogP contribution is -2.44. The molecule has 1 aromatic heterocycles. The van der Waals surface area contributed by atoms with Gasteiger partial charge in [0.2, 0.25) is 0 Å². The van der Waals surface area contributed by atoms with Crippen molar-refractivity contribution in [1.29, 1.82) is 0 Å². The molecular weight excluding hydrogens is 242 g/mol. The monoisotopic (exact) mass is 263 g/mol. The maximum Gasteiger partial charge on any atom is 0.161 e. The molecule has 92 valence electrons. The van der Waals surface area contributed by atoms with Crippen LogP contribution in [0.1, 0.15) is 20.8 Å². The molecular formula is C14H21NSSi. The van der Waals surface area contributed by atoms with E-state index in [0.29, 0.717) is 5.04 Å². The van der Waals surface area contributed by atoms with Crippen molar-refractivity contribution in [3.63, 3.8) is 0 Å². The second-order valence-electron chi connectivity index (χ2n) is 6.24. The first-order valence-corrected chi connectivity index (χ1v) is 9.43. The molecule has 0 saturated heterocycles. The Morgan fingerprint density at radius 2 is 1.76 bits per heavy atom. The zero-order chi connectivity index (χ0) is 12.8. The predicted octanol–water partition coefficient (Wildman–Crippen LogP) is 4.78. The Hall–Kier alpha value is -0.673. The Kier molecular flexibility index (Phi) is 2.95. The highest BCUT2D eigenvalue weighted by molar-refractivity contribution is 7.80. The quantitative estimate of drug-likeness (QED) is 0.558. The number of benzene rings is 1. The van der Waals surface area contributed by atoms with E-state index in [4.69, 9.17) is 0 Å². The van der Waals surface area contributed by atoms with Gasteiger partial charge >= 0.3 is 0 Å². The maximum absolute atomic E-state index is 4.40. The summed E-state index contributed by atoms with van der Waals surface area (Å²) in [6, 6.07) is 8.62. The fraction of sp³-hybridized carbons (Fsp3) is 0.429. The lowest BCUT2D eigenvalue weighted by Gasteiger charge is -2.38. The summed E-state index contributed by atoms with van der Waals surface area (Å²) in [5.74, 6) is 0. The number of hydrogen-bond donors (Lipinski definition) is 1. The van der Waals surface area contributed by atoms with Gasteiger partial charge < -0.3 is 4.23 Å². The van der Waals surface area contributed by atoms with Crippen molar-refractivity contribution in [2.45, 2.75) is 43.8 Å². The van der Waals surface area contributed by atoms with Crippen LogP contribution >= 0.6 is 12.6 Å². The third-order valence-corrected chi connectivity index (χ3v) is 9.65. The minimum absolute atomic E-state index is 0.346. The third-order valence-electron chi connectivity index (χ3n) is 4.11. The summed E-state index contributed by atoms with van der Waals surface area (Å²) in [6.07, 6.45) is 2.25. The molecule has 1 nitrogen and oxygen atoms in total. The first-order valence-electron chi connectivity index (χ1n) is 6.04. The number of nitrogens with zero attached hydrogens (tertiary/aromatic N) is 1. The van der Waals surface area contributed by atoms with E-state index in [-0.39, 0.29) is 0 Å². The fourth-order valence-electron chi connectivity index (χ4n) is 1.98. The predicted molar refractivity (Wildman–Crippen MR) is 81.8 cm³/mol. The molecule has 2 rings (SSSR count). The van der Waals surface area contributed by atoms with Gasteiger partial charge in [-0.25, -0.2) is 0 Å². The minimum Gasteiger partial charge on any atom is -0.374 e. The standard InChI is InChI=1S/C14H21NSSi/c1-14(2,3)17(4,5)15-9-8-11-10-12(16)6-7-13(11)15/h6-10,16H,1-5H3.